The number of β-amino-alcohol motifs (C(OH)–C–C–N with tert-alkyl or cyclic N) is 1. The number of hydrogen-bond donors (Lipinski definition) is 1. The minimum Gasteiger partial charge on any atom is -0.392 e. The molecule has 3 heteroatoms. The summed E-state index contributed by atoms with van der Waals surface area (Å²) in [7, 11) is 0. The van der Waals surface area contributed by atoms with E-state index in [1.165, 1.54) is 5.56 Å². The first-order valence-corrected chi connectivity index (χ1v) is 5.85. The normalized spacial score (nSPS) is 25.0. The lowest BCUT2D eigenvalue weighted by atomic mass is 9.96. The molecule has 1 aliphatic rings. The van der Waals surface area contributed by atoms with Crippen molar-refractivity contribution < 1.29 is 5.11 Å². The number of nitrogens with zero attached hydrogens (tertiary/aromatic N) is 1. The van der Waals surface area contributed by atoms with Crippen LogP contribution in [0.4, 0.5) is 0 Å². The van der Waals surface area contributed by atoms with Gasteiger partial charge in [0.15, 0.2) is 0 Å². The highest BCUT2D eigenvalue weighted by Gasteiger charge is 2.23. The average Bonchev–Trinajstić information content (AvgIpc) is 2.29. The number of rotatable bonds is 3. The Morgan fingerprint density at radius 1 is 1.29 bits per heavy atom. The molecule has 2 atom stereocenters. The van der Waals surface area contributed by atoms with Gasteiger partial charge >= 0.3 is 0 Å². The van der Waals surface area contributed by atoms with Crippen molar-refractivity contribution in [1.82, 2.24) is 4.90 Å². The van der Waals surface area contributed by atoms with Crippen molar-refractivity contribution >= 4 is 12.4 Å². The van der Waals surface area contributed by atoms with Crippen molar-refractivity contribution in [3.05, 3.63) is 48.6 Å². The van der Waals surface area contributed by atoms with Crippen LogP contribution in [0.25, 0.3) is 0 Å². The summed E-state index contributed by atoms with van der Waals surface area (Å²) in [5.74, 6) is 0.424. The predicted molar refractivity (Wildman–Crippen MR) is 73.3 cm³/mol. The number of likely N-dealkylation sites (tertiary alicyclic amines) is 1. The van der Waals surface area contributed by atoms with Gasteiger partial charge in [-0.1, -0.05) is 36.4 Å². The molecule has 0 saturated carbocycles. The van der Waals surface area contributed by atoms with Crippen LogP contribution in [0.3, 0.4) is 0 Å². The molecule has 94 valence electrons. The van der Waals surface area contributed by atoms with Gasteiger partial charge < -0.3 is 5.11 Å². The zero-order valence-electron chi connectivity index (χ0n) is 9.96. The van der Waals surface area contributed by atoms with Gasteiger partial charge in [-0.2, -0.15) is 0 Å². The summed E-state index contributed by atoms with van der Waals surface area (Å²) in [5.41, 5.74) is 1.31. The Bertz CT molecular complexity index is 341. The highest BCUT2D eigenvalue weighted by Crippen LogP contribution is 2.19. The summed E-state index contributed by atoms with van der Waals surface area (Å²) in [6.45, 7) is 6.53. The minimum absolute atomic E-state index is 0. The maximum atomic E-state index is 9.77. The molecule has 0 unspecified atom stereocenters. The fraction of sp³-hybridized carbons (Fsp3) is 0.429. The van der Waals surface area contributed by atoms with E-state index in [9.17, 15) is 5.11 Å². The average molecular weight is 254 g/mol. The molecule has 1 N–H and O–H groups in total. The quantitative estimate of drug-likeness (QED) is 0.837. The first-order chi connectivity index (χ1) is 7.78. The van der Waals surface area contributed by atoms with E-state index in [-0.39, 0.29) is 18.5 Å². The Labute approximate surface area is 109 Å². The molecular formula is C14H20ClNO. The lowest BCUT2D eigenvalue weighted by molar-refractivity contribution is 0.0479. The summed E-state index contributed by atoms with van der Waals surface area (Å²) in [4.78, 5) is 2.30. The number of hydrogen-bond acceptors (Lipinski definition) is 2. The summed E-state index contributed by atoms with van der Waals surface area (Å²) in [6.07, 6.45) is 2.61. The second kappa shape index (κ2) is 6.80. The van der Waals surface area contributed by atoms with Crippen LogP contribution in [-0.4, -0.2) is 29.2 Å². The molecule has 0 radical (unpaired) electrons. The third kappa shape index (κ3) is 4.15. The minimum atomic E-state index is -0.208. The molecule has 0 spiro atoms. The molecule has 0 aromatic heterocycles. The van der Waals surface area contributed by atoms with Crippen LogP contribution in [-0.2, 0) is 6.54 Å². The van der Waals surface area contributed by atoms with Crippen molar-refractivity contribution in [2.24, 2.45) is 5.92 Å². The Morgan fingerprint density at radius 3 is 2.65 bits per heavy atom. The van der Waals surface area contributed by atoms with Gasteiger partial charge in [-0.3, -0.25) is 4.90 Å². The Balaban J connectivity index is 0.00000144. The molecule has 1 fully saturated rings. The van der Waals surface area contributed by atoms with E-state index in [0.29, 0.717) is 5.92 Å². The van der Waals surface area contributed by atoms with Crippen molar-refractivity contribution in [3.8, 4) is 0 Å². The predicted octanol–water partition coefficient (Wildman–Crippen LogP) is 2.48. The van der Waals surface area contributed by atoms with E-state index in [1.807, 2.05) is 12.1 Å². The first kappa shape index (κ1) is 14.2. The second-order valence-electron chi connectivity index (χ2n) is 4.56. The molecule has 2 nitrogen and oxygen atoms in total. The van der Waals surface area contributed by atoms with Crippen LogP contribution in [0.1, 0.15) is 12.0 Å². The van der Waals surface area contributed by atoms with Gasteiger partial charge in [0.2, 0.25) is 0 Å². The fourth-order valence-electron chi connectivity index (χ4n) is 2.34. The van der Waals surface area contributed by atoms with Crippen molar-refractivity contribution in [2.75, 3.05) is 13.1 Å². The third-order valence-electron chi connectivity index (χ3n) is 3.12. The van der Waals surface area contributed by atoms with E-state index in [1.54, 1.807) is 0 Å². The van der Waals surface area contributed by atoms with Gasteiger partial charge in [0.05, 0.1) is 6.10 Å². The van der Waals surface area contributed by atoms with Crippen LogP contribution >= 0.6 is 12.4 Å². The van der Waals surface area contributed by atoms with Crippen LogP contribution in [0.5, 0.6) is 0 Å². The Morgan fingerprint density at radius 2 is 2.00 bits per heavy atom. The smallest absolute Gasteiger partial charge is 0.0673 e. The maximum absolute atomic E-state index is 9.77. The lowest BCUT2D eigenvalue weighted by Crippen LogP contribution is -2.41. The molecule has 1 heterocycles. The van der Waals surface area contributed by atoms with E-state index < -0.39 is 0 Å². The summed E-state index contributed by atoms with van der Waals surface area (Å²) in [5, 5.41) is 9.77. The Hall–Kier alpha value is -0.830. The molecule has 0 aliphatic carbocycles. The first-order valence-electron chi connectivity index (χ1n) is 5.85. The van der Waals surface area contributed by atoms with Crippen molar-refractivity contribution in [1.29, 1.82) is 0 Å². The molecule has 1 aliphatic heterocycles. The molecule has 0 amide bonds. The van der Waals surface area contributed by atoms with Gasteiger partial charge in [-0.15, -0.1) is 19.0 Å². The van der Waals surface area contributed by atoms with Gasteiger partial charge in [0, 0.05) is 19.6 Å². The van der Waals surface area contributed by atoms with Gasteiger partial charge in [-0.05, 0) is 17.9 Å². The third-order valence-corrected chi connectivity index (χ3v) is 3.12. The standard InChI is InChI=1S/C14H19NO.ClH/c1-2-12-8-14(16)11-15(9-12)10-13-6-4-3-5-7-13;/h2-7,12,14,16H,1,8-11H2;1H/t12-,14+;/m0./s1. The number of piperidine rings is 1. The highest BCUT2D eigenvalue weighted by molar-refractivity contribution is 5.85. The summed E-state index contributed by atoms with van der Waals surface area (Å²) in [6, 6.07) is 10.4. The van der Waals surface area contributed by atoms with E-state index in [4.69, 9.17) is 0 Å². The highest BCUT2D eigenvalue weighted by atomic mass is 35.5. The molecule has 1 aromatic carbocycles. The van der Waals surface area contributed by atoms with Crippen LogP contribution in [0, 0.1) is 5.92 Å². The molecule has 2 rings (SSSR count). The zero-order valence-corrected chi connectivity index (χ0v) is 10.8. The van der Waals surface area contributed by atoms with Crippen LogP contribution < -0.4 is 0 Å². The maximum Gasteiger partial charge on any atom is 0.0673 e. The van der Waals surface area contributed by atoms with Gasteiger partial charge in [0.1, 0.15) is 0 Å². The number of aliphatic hydroxyl groups excluding tert-OH is 1. The number of benzene rings is 1. The molecule has 1 aromatic rings. The summed E-state index contributed by atoms with van der Waals surface area (Å²) < 4.78 is 0. The van der Waals surface area contributed by atoms with E-state index in [0.717, 1.165) is 26.1 Å². The molecular weight excluding hydrogens is 234 g/mol. The zero-order chi connectivity index (χ0) is 11.4. The lowest BCUT2D eigenvalue weighted by Gasteiger charge is -2.34. The van der Waals surface area contributed by atoms with Crippen LogP contribution in [0.2, 0.25) is 0 Å². The molecule has 0 bridgehead atoms. The second-order valence-corrected chi connectivity index (χ2v) is 4.56. The molecule has 1 saturated heterocycles. The topological polar surface area (TPSA) is 23.5 Å². The number of halogens is 1. The van der Waals surface area contributed by atoms with E-state index in [2.05, 4.69) is 35.7 Å². The monoisotopic (exact) mass is 253 g/mol. The van der Waals surface area contributed by atoms with Gasteiger partial charge in [0.25, 0.3) is 0 Å². The van der Waals surface area contributed by atoms with Gasteiger partial charge in [-0.25, -0.2) is 0 Å². The number of aliphatic hydroxyl groups is 1. The summed E-state index contributed by atoms with van der Waals surface area (Å²) >= 11 is 0. The molecule has 17 heavy (non-hydrogen) atoms. The SMILES string of the molecule is C=C[C@H]1C[C@@H](O)CN(Cc2ccccc2)C1.Cl. The van der Waals surface area contributed by atoms with E-state index >= 15 is 0 Å². The van der Waals surface area contributed by atoms with Crippen molar-refractivity contribution in [2.45, 2.75) is 19.1 Å². The van der Waals surface area contributed by atoms with Crippen LogP contribution in [0.15, 0.2) is 43.0 Å². The Kier molecular flexibility index (Phi) is 5.69. The van der Waals surface area contributed by atoms with Crippen molar-refractivity contribution in [3.63, 3.8) is 0 Å². The largest absolute Gasteiger partial charge is 0.392 e. The fourth-order valence-corrected chi connectivity index (χ4v) is 2.34.